The maximum Gasteiger partial charge on any atom is 0.309 e. The fraction of sp³-hybridized carbons (Fsp3) is 0.529. The molecule has 0 heterocycles. The molecule has 2 atom stereocenters. The van der Waals surface area contributed by atoms with Crippen molar-refractivity contribution in [3.8, 4) is 0 Å². The number of para-hydroxylation sites is 1. The van der Waals surface area contributed by atoms with E-state index in [0.717, 1.165) is 5.69 Å². The number of carbonyl (C=O) groups excluding carboxylic acids is 1. The van der Waals surface area contributed by atoms with Crippen LogP contribution in [-0.2, 0) is 9.59 Å². The lowest BCUT2D eigenvalue weighted by molar-refractivity contribution is -0.158. The summed E-state index contributed by atoms with van der Waals surface area (Å²) in [6.45, 7) is 7.33. The van der Waals surface area contributed by atoms with Crippen molar-refractivity contribution < 1.29 is 14.7 Å². The molecule has 5 heteroatoms. The number of carbonyl (C=O) groups is 2. The third kappa shape index (κ3) is 2.25. The van der Waals surface area contributed by atoms with Crippen LogP contribution in [-0.4, -0.2) is 17.0 Å². The van der Waals surface area contributed by atoms with Crippen LogP contribution in [0.1, 0.15) is 40.5 Å². The van der Waals surface area contributed by atoms with Crippen LogP contribution >= 0.6 is 0 Å². The van der Waals surface area contributed by atoms with E-state index in [2.05, 4.69) is 10.9 Å². The molecule has 1 aromatic carbocycles. The maximum atomic E-state index is 12.7. The molecule has 1 aliphatic rings. The molecule has 22 heavy (non-hydrogen) atoms. The third-order valence-electron chi connectivity index (χ3n) is 5.95. The summed E-state index contributed by atoms with van der Waals surface area (Å²) >= 11 is 0. The van der Waals surface area contributed by atoms with E-state index in [1.165, 1.54) is 0 Å². The first-order valence-corrected chi connectivity index (χ1v) is 7.50. The van der Waals surface area contributed by atoms with Crippen molar-refractivity contribution in [3.63, 3.8) is 0 Å². The number of hydrogen-bond donors (Lipinski definition) is 3. The Morgan fingerprint density at radius 1 is 1.00 bits per heavy atom. The number of benzene rings is 1. The minimum Gasteiger partial charge on any atom is -0.481 e. The second-order valence-corrected chi connectivity index (χ2v) is 7.04. The van der Waals surface area contributed by atoms with Crippen molar-refractivity contribution in [2.45, 2.75) is 40.5 Å². The summed E-state index contributed by atoms with van der Waals surface area (Å²) in [5, 5.41) is 9.58. The second-order valence-electron chi connectivity index (χ2n) is 7.04. The number of rotatable bonds is 4. The summed E-state index contributed by atoms with van der Waals surface area (Å²) in [5.74, 6) is -1.02. The van der Waals surface area contributed by atoms with Gasteiger partial charge in [0.25, 0.3) is 0 Å². The topological polar surface area (TPSA) is 78.4 Å². The molecule has 0 radical (unpaired) electrons. The third-order valence-corrected chi connectivity index (χ3v) is 5.95. The first kappa shape index (κ1) is 16.3. The van der Waals surface area contributed by atoms with Gasteiger partial charge >= 0.3 is 5.97 Å². The molecular weight excluding hydrogens is 280 g/mol. The van der Waals surface area contributed by atoms with E-state index in [-0.39, 0.29) is 5.91 Å². The van der Waals surface area contributed by atoms with Gasteiger partial charge in [0.2, 0.25) is 5.91 Å². The zero-order valence-corrected chi connectivity index (χ0v) is 13.6. The molecule has 0 bridgehead atoms. The van der Waals surface area contributed by atoms with Crippen LogP contribution in [0, 0.1) is 16.2 Å². The van der Waals surface area contributed by atoms with Crippen molar-refractivity contribution >= 4 is 17.6 Å². The summed E-state index contributed by atoms with van der Waals surface area (Å²) in [6.07, 6.45) is 1.04. The quantitative estimate of drug-likeness (QED) is 0.747. The van der Waals surface area contributed by atoms with E-state index < -0.39 is 22.2 Å². The van der Waals surface area contributed by atoms with Crippen LogP contribution in [0.3, 0.4) is 0 Å². The fourth-order valence-corrected chi connectivity index (χ4v) is 3.29. The molecule has 2 unspecified atom stereocenters. The Morgan fingerprint density at radius 3 is 2.05 bits per heavy atom. The van der Waals surface area contributed by atoms with E-state index in [0.29, 0.717) is 12.8 Å². The van der Waals surface area contributed by atoms with Gasteiger partial charge in [0, 0.05) is 0 Å². The minimum absolute atomic E-state index is 0.175. The molecule has 1 aromatic rings. The molecule has 1 aliphatic carbocycles. The smallest absolute Gasteiger partial charge is 0.309 e. The first-order chi connectivity index (χ1) is 10.1. The van der Waals surface area contributed by atoms with Crippen LogP contribution in [0.15, 0.2) is 30.3 Å². The number of anilines is 1. The largest absolute Gasteiger partial charge is 0.481 e. The number of carboxylic acids is 1. The van der Waals surface area contributed by atoms with Crippen LogP contribution < -0.4 is 10.9 Å². The highest BCUT2D eigenvalue weighted by molar-refractivity contribution is 5.87. The SMILES string of the molecule is CC1(C(=O)O)CCC(C)(C(=O)NNc2ccccc2)C1(C)C. The molecule has 2 rings (SSSR count). The van der Waals surface area contributed by atoms with Gasteiger partial charge in [0.1, 0.15) is 0 Å². The summed E-state index contributed by atoms with van der Waals surface area (Å²) in [6, 6.07) is 9.34. The molecule has 120 valence electrons. The highest BCUT2D eigenvalue weighted by Gasteiger charge is 2.64. The van der Waals surface area contributed by atoms with Gasteiger partial charge in [-0.3, -0.25) is 20.4 Å². The molecule has 0 aromatic heterocycles. The van der Waals surface area contributed by atoms with Gasteiger partial charge in [0.15, 0.2) is 0 Å². The number of aliphatic carboxylic acids is 1. The molecule has 0 aliphatic heterocycles. The van der Waals surface area contributed by atoms with Gasteiger partial charge in [0.05, 0.1) is 16.5 Å². The maximum absolute atomic E-state index is 12.7. The van der Waals surface area contributed by atoms with Gasteiger partial charge < -0.3 is 5.11 Å². The van der Waals surface area contributed by atoms with E-state index >= 15 is 0 Å². The van der Waals surface area contributed by atoms with Crippen LogP contribution in [0.4, 0.5) is 5.69 Å². The normalized spacial score (nSPS) is 29.8. The second kappa shape index (κ2) is 5.30. The number of hydrogen-bond acceptors (Lipinski definition) is 3. The molecule has 0 saturated heterocycles. The molecule has 1 saturated carbocycles. The summed E-state index contributed by atoms with van der Waals surface area (Å²) in [5.41, 5.74) is 4.10. The van der Waals surface area contributed by atoms with Gasteiger partial charge in [-0.1, -0.05) is 39.0 Å². The van der Waals surface area contributed by atoms with Crippen LogP contribution in [0.5, 0.6) is 0 Å². The average Bonchev–Trinajstić information content (AvgIpc) is 2.68. The van der Waals surface area contributed by atoms with Gasteiger partial charge in [-0.15, -0.1) is 0 Å². The molecule has 0 spiro atoms. The van der Waals surface area contributed by atoms with Crippen molar-refractivity contribution in [3.05, 3.63) is 30.3 Å². The van der Waals surface area contributed by atoms with Crippen molar-refractivity contribution in [1.82, 2.24) is 5.43 Å². The van der Waals surface area contributed by atoms with E-state index in [1.807, 2.05) is 51.1 Å². The zero-order chi connectivity index (χ0) is 16.6. The Balaban J connectivity index is 2.17. The van der Waals surface area contributed by atoms with E-state index in [9.17, 15) is 14.7 Å². The van der Waals surface area contributed by atoms with E-state index in [1.54, 1.807) is 6.92 Å². The Bertz CT molecular complexity index is 585. The number of nitrogens with one attached hydrogen (secondary N) is 2. The Morgan fingerprint density at radius 2 is 1.55 bits per heavy atom. The van der Waals surface area contributed by atoms with Crippen molar-refractivity contribution in [1.29, 1.82) is 0 Å². The fourth-order valence-electron chi connectivity index (χ4n) is 3.29. The molecule has 3 N–H and O–H groups in total. The number of carboxylic acid groups (broad SMARTS) is 1. The standard InChI is InChI=1S/C17H24N2O3/c1-15(2)16(3,10-11-17(15,4)14(21)22)13(20)19-18-12-8-6-5-7-9-12/h5-9,18H,10-11H2,1-4H3,(H,19,20)(H,21,22). The highest BCUT2D eigenvalue weighted by atomic mass is 16.4. The lowest BCUT2D eigenvalue weighted by Crippen LogP contribution is -2.52. The molecule has 1 fully saturated rings. The molecule has 5 nitrogen and oxygen atoms in total. The lowest BCUT2D eigenvalue weighted by atomic mass is 9.59. The number of amides is 1. The highest BCUT2D eigenvalue weighted by Crippen LogP contribution is 2.62. The Hall–Kier alpha value is -2.04. The summed E-state index contributed by atoms with van der Waals surface area (Å²) in [4.78, 5) is 24.4. The molecule has 1 amide bonds. The van der Waals surface area contributed by atoms with Gasteiger partial charge in [-0.25, -0.2) is 0 Å². The predicted molar refractivity (Wildman–Crippen MR) is 85.1 cm³/mol. The minimum atomic E-state index is -0.911. The van der Waals surface area contributed by atoms with Crippen molar-refractivity contribution in [2.24, 2.45) is 16.2 Å². The van der Waals surface area contributed by atoms with Gasteiger partial charge in [-0.05, 0) is 37.3 Å². The van der Waals surface area contributed by atoms with Crippen LogP contribution in [0.25, 0.3) is 0 Å². The van der Waals surface area contributed by atoms with Gasteiger partial charge in [-0.2, -0.15) is 0 Å². The zero-order valence-electron chi connectivity index (χ0n) is 13.6. The Labute approximate surface area is 131 Å². The summed E-state index contributed by atoms with van der Waals surface area (Å²) in [7, 11) is 0. The lowest BCUT2D eigenvalue weighted by Gasteiger charge is -2.44. The first-order valence-electron chi connectivity index (χ1n) is 7.50. The van der Waals surface area contributed by atoms with E-state index in [4.69, 9.17) is 0 Å². The Kier molecular flexibility index (Phi) is 3.94. The monoisotopic (exact) mass is 304 g/mol. The predicted octanol–water partition coefficient (Wildman–Crippen LogP) is 3.05. The molecular formula is C17H24N2O3. The van der Waals surface area contributed by atoms with Crippen LogP contribution in [0.2, 0.25) is 0 Å². The van der Waals surface area contributed by atoms with Crippen molar-refractivity contribution in [2.75, 3.05) is 5.43 Å². The summed E-state index contributed by atoms with van der Waals surface area (Å²) < 4.78 is 0. The average molecular weight is 304 g/mol. The number of hydrazine groups is 1.